The van der Waals surface area contributed by atoms with Gasteiger partial charge in [0.25, 0.3) is 0 Å². The SMILES string of the molecule is COC(=O)C(CN(C)CC(C)C#N)NC(C)=O. The van der Waals surface area contributed by atoms with Crippen LogP contribution in [-0.2, 0) is 14.3 Å². The van der Waals surface area contributed by atoms with E-state index < -0.39 is 12.0 Å². The maximum Gasteiger partial charge on any atom is 0.329 e. The van der Waals surface area contributed by atoms with Crippen LogP contribution in [0.25, 0.3) is 0 Å². The first kappa shape index (κ1) is 15.4. The summed E-state index contributed by atoms with van der Waals surface area (Å²) in [6, 6.07) is 1.41. The molecule has 0 aromatic heterocycles. The molecule has 17 heavy (non-hydrogen) atoms. The van der Waals surface area contributed by atoms with Gasteiger partial charge in [0.05, 0.1) is 19.1 Å². The normalized spacial score (nSPS) is 13.6. The number of nitrogens with one attached hydrogen (secondary N) is 1. The third kappa shape index (κ3) is 6.53. The molecule has 0 saturated heterocycles. The van der Waals surface area contributed by atoms with Crippen molar-refractivity contribution < 1.29 is 14.3 Å². The fourth-order valence-electron chi connectivity index (χ4n) is 1.46. The summed E-state index contributed by atoms with van der Waals surface area (Å²) in [5.41, 5.74) is 0. The summed E-state index contributed by atoms with van der Waals surface area (Å²) in [4.78, 5) is 24.2. The van der Waals surface area contributed by atoms with Crippen molar-refractivity contribution in [2.75, 3.05) is 27.2 Å². The molecule has 2 unspecified atom stereocenters. The molecule has 0 aliphatic rings. The van der Waals surface area contributed by atoms with E-state index in [1.54, 1.807) is 14.0 Å². The molecule has 0 aliphatic carbocycles. The van der Waals surface area contributed by atoms with E-state index in [1.165, 1.54) is 14.0 Å². The zero-order valence-electron chi connectivity index (χ0n) is 10.7. The lowest BCUT2D eigenvalue weighted by atomic mass is 10.2. The van der Waals surface area contributed by atoms with Crippen LogP contribution >= 0.6 is 0 Å². The van der Waals surface area contributed by atoms with Gasteiger partial charge in [-0.05, 0) is 14.0 Å². The lowest BCUT2D eigenvalue weighted by Crippen LogP contribution is -2.48. The smallest absolute Gasteiger partial charge is 0.329 e. The molecule has 6 heteroatoms. The summed E-state index contributed by atoms with van der Waals surface area (Å²) in [6.07, 6.45) is 0. The number of hydrogen-bond donors (Lipinski definition) is 1. The minimum Gasteiger partial charge on any atom is -0.467 e. The van der Waals surface area contributed by atoms with E-state index in [2.05, 4.69) is 16.1 Å². The number of hydrogen-bond acceptors (Lipinski definition) is 5. The highest BCUT2D eigenvalue weighted by Gasteiger charge is 2.22. The minimum absolute atomic E-state index is 0.129. The second kappa shape index (κ2) is 7.63. The Hall–Kier alpha value is -1.61. The van der Waals surface area contributed by atoms with E-state index in [0.717, 1.165) is 0 Å². The molecule has 0 aromatic carbocycles. The monoisotopic (exact) mass is 241 g/mol. The van der Waals surface area contributed by atoms with Crippen molar-refractivity contribution >= 4 is 11.9 Å². The maximum atomic E-state index is 11.4. The highest BCUT2D eigenvalue weighted by Crippen LogP contribution is 1.99. The van der Waals surface area contributed by atoms with Crippen LogP contribution in [0.3, 0.4) is 0 Å². The van der Waals surface area contributed by atoms with Crippen LogP contribution in [0.1, 0.15) is 13.8 Å². The van der Waals surface area contributed by atoms with Crippen molar-refractivity contribution in [2.45, 2.75) is 19.9 Å². The number of methoxy groups -OCH3 is 1. The number of rotatable bonds is 6. The number of carbonyl (C=O) groups is 2. The molecule has 1 amide bonds. The molecule has 0 bridgehead atoms. The van der Waals surface area contributed by atoms with Crippen molar-refractivity contribution in [2.24, 2.45) is 5.92 Å². The van der Waals surface area contributed by atoms with Gasteiger partial charge in [-0.25, -0.2) is 4.79 Å². The number of likely N-dealkylation sites (N-methyl/N-ethyl adjacent to an activating group) is 1. The Morgan fingerprint density at radius 1 is 1.47 bits per heavy atom. The third-order valence-electron chi connectivity index (χ3n) is 2.16. The van der Waals surface area contributed by atoms with Crippen LogP contribution in [0.15, 0.2) is 0 Å². The highest BCUT2D eigenvalue weighted by molar-refractivity contribution is 5.83. The van der Waals surface area contributed by atoms with Crippen LogP contribution in [0, 0.1) is 17.2 Å². The molecule has 0 saturated carbocycles. The van der Waals surface area contributed by atoms with Crippen LogP contribution in [-0.4, -0.2) is 50.1 Å². The molecule has 0 radical (unpaired) electrons. The lowest BCUT2D eigenvalue weighted by Gasteiger charge is -2.23. The number of carbonyl (C=O) groups excluding carboxylic acids is 2. The number of nitriles is 1. The van der Waals surface area contributed by atoms with Gasteiger partial charge in [0, 0.05) is 20.0 Å². The fraction of sp³-hybridized carbons (Fsp3) is 0.727. The van der Waals surface area contributed by atoms with E-state index in [1.807, 2.05) is 4.90 Å². The predicted molar refractivity (Wildman–Crippen MR) is 61.9 cm³/mol. The van der Waals surface area contributed by atoms with Gasteiger partial charge in [-0.15, -0.1) is 0 Å². The van der Waals surface area contributed by atoms with Gasteiger partial charge in [-0.1, -0.05) is 0 Å². The Morgan fingerprint density at radius 3 is 2.47 bits per heavy atom. The minimum atomic E-state index is -0.701. The first-order valence-electron chi connectivity index (χ1n) is 5.33. The van der Waals surface area contributed by atoms with E-state index in [9.17, 15) is 9.59 Å². The first-order chi connectivity index (χ1) is 7.90. The maximum absolute atomic E-state index is 11.4. The molecule has 0 aliphatic heterocycles. The van der Waals surface area contributed by atoms with Gasteiger partial charge in [-0.3, -0.25) is 4.79 Å². The molecule has 6 nitrogen and oxygen atoms in total. The van der Waals surface area contributed by atoms with Gasteiger partial charge in [0.2, 0.25) is 5.91 Å². The summed E-state index contributed by atoms with van der Waals surface area (Å²) in [5.74, 6) is -0.908. The van der Waals surface area contributed by atoms with Gasteiger partial charge in [0.1, 0.15) is 6.04 Å². The summed E-state index contributed by atoms with van der Waals surface area (Å²) >= 11 is 0. The van der Waals surface area contributed by atoms with Crippen LogP contribution < -0.4 is 5.32 Å². The molecule has 1 N–H and O–H groups in total. The fourth-order valence-corrected chi connectivity index (χ4v) is 1.46. The van der Waals surface area contributed by atoms with Gasteiger partial charge in [0.15, 0.2) is 0 Å². The predicted octanol–water partition coefficient (Wildman–Crippen LogP) is -0.244. The van der Waals surface area contributed by atoms with E-state index in [-0.39, 0.29) is 11.8 Å². The lowest BCUT2D eigenvalue weighted by molar-refractivity contribution is -0.145. The number of ether oxygens (including phenoxy) is 1. The number of amides is 1. The van der Waals surface area contributed by atoms with Crippen LogP contribution in [0.5, 0.6) is 0 Å². The standard InChI is InChI=1S/C11H19N3O3/c1-8(5-12)6-14(3)7-10(11(16)17-4)13-9(2)15/h8,10H,6-7H2,1-4H3,(H,13,15). The average molecular weight is 241 g/mol. The Labute approximate surface area is 102 Å². The quantitative estimate of drug-likeness (QED) is 0.649. The van der Waals surface area contributed by atoms with Gasteiger partial charge in [-0.2, -0.15) is 5.26 Å². The van der Waals surface area contributed by atoms with Gasteiger partial charge < -0.3 is 15.0 Å². The molecular formula is C11H19N3O3. The van der Waals surface area contributed by atoms with Crippen LogP contribution in [0.4, 0.5) is 0 Å². The van der Waals surface area contributed by atoms with Crippen molar-refractivity contribution in [3.63, 3.8) is 0 Å². The molecule has 0 heterocycles. The summed E-state index contributed by atoms with van der Waals surface area (Å²) in [5, 5.41) is 11.2. The summed E-state index contributed by atoms with van der Waals surface area (Å²) in [6.45, 7) is 3.98. The number of nitrogens with zero attached hydrogens (tertiary/aromatic N) is 2. The topological polar surface area (TPSA) is 82.4 Å². The van der Waals surface area contributed by atoms with Crippen LogP contribution in [0.2, 0.25) is 0 Å². The zero-order chi connectivity index (χ0) is 13.4. The molecule has 0 spiro atoms. The van der Waals surface area contributed by atoms with Crippen molar-refractivity contribution in [3.05, 3.63) is 0 Å². The van der Waals surface area contributed by atoms with E-state index in [4.69, 9.17) is 5.26 Å². The van der Waals surface area contributed by atoms with E-state index >= 15 is 0 Å². The molecule has 0 aromatic rings. The van der Waals surface area contributed by atoms with Gasteiger partial charge >= 0.3 is 5.97 Å². The molecule has 2 atom stereocenters. The Balaban J connectivity index is 4.38. The average Bonchev–Trinajstić information content (AvgIpc) is 2.26. The molecule has 0 fully saturated rings. The molecule has 0 rings (SSSR count). The van der Waals surface area contributed by atoms with Crippen molar-refractivity contribution in [3.8, 4) is 6.07 Å². The zero-order valence-corrected chi connectivity index (χ0v) is 10.7. The summed E-state index contributed by atoms with van der Waals surface area (Å²) < 4.78 is 4.60. The molecular weight excluding hydrogens is 222 g/mol. The first-order valence-corrected chi connectivity index (χ1v) is 5.33. The Kier molecular flexibility index (Phi) is 6.91. The third-order valence-corrected chi connectivity index (χ3v) is 2.16. The second-order valence-electron chi connectivity index (χ2n) is 4.03. The highest BCUT2D eigenvalue weighted by atomic mass is 16.5. The van der Waals surface area contributed by atoms with Crippen molar-refractivity contribution in [1.29, 1.82) is 5.26 Å². The molecule has 96 valence electrons. The van der Waals surface area contributed by atoms with E-state index in [0.29, 0.717) is 13.1 Å². The number of esters is 1. The Morgan fingerprint density at radius 2 is 2.06 bits per heavy atom. The van der Waals surface area contributed by atoms with Crippen molar-refractivity contribution in [1.82, 2.24) is 10.2 Å². The second-order valence-corrected chi connectivity index (χ2v) is 4.03. The summed E-state index contributed by atoms with van der Waals surface area (Å²) in [7, 11) is 3.06. The largest absolute Gasteiger partial charge is 0.467 e. The Bertz CT molecular complexity index is 312.